The monoisotopic (exact) mass is 493 g/mol. The third kappa shape index (κ3) is 7.57. The first-order valence-electron chi connectivity index (χ1n) is 8.51. The van der Waals surface area contributed by atoms with E-state index in [9.17, 15) is 0 Å². The highest BCUT2D eigenvalue weighted by Gasteiger charge is 2.04. The lowest BCUT2D eigenvalue weighted by Crippen LogP contribution is -2.38. The highest BCUT2D eigenvalue weighted by atomic mass is 127. The zero-order valence-electron chi connectivity index (χ0n) is 15.4. The minimum atomic E-state index is 0. The first-order chi connectivity index (χ1) is 11.6. The number of aliphatic imine (C=N–C) groups is 1. The summed E-state index contributed by atoms with van der Waals surface area (Å²) in [7, 11) is 0. The lowest BCUT2D eigenvalue weighted by molar-refractivity contribution is 0.793. The standard InChI is InChI=1S/C17H27N5S2.HI/c1-5-14-11-21-15(24-14)7-9-19-17(18-6-2)20-10-8-16-22-12(3)13(4)23-16;/h11H,5-10H2,1-4H3,(H2,18,19,20);1H. The Balaban J connectivity index is 0.00000312. The number of halogens is 1. The number of aryl methyl sites for hydroxylation is 3. The van der Waals surface area contributed by atoms with Crippen LogP contribution in [0.2, 0.25) is 0 Å². The van der Waals surface area contributed by atoms with Crippen molar-refractivity contribution < 1.29 is 0 Å². The molecular weight excluding hydrogens is 465 g/mol. The number of hydrogen-bond acceptors (Lipinski definition) is 5. The van der Waals surface area contributed by atoms with E-state index >= 15 is 0 Å². The van der Waals surface area contributed by atoms with Crippen LogP contribution in [0.3, 0.4) is 0 Å². The predicted octanol–water partition coefficient (Wildman–Crippen LogP) is 3.74. The fraction of sp³-hybridized carbons (Fsp3) is 0.588. The van der Waals surface area contributed by atoms with Gasteiger partial charge in [0.1, 0.15) is 0 Å². The summed E-state index contributed by atoms with van der Waals surface area (Å²) in [6.07, 6.45) is 4.87. The van der Waals surface area contributed by atoms with Crippen LogP contribution in [0.15, 0.2) is 11.2 Å². The molecule has 2 rings (SSSR count). The van der Waals surface area contributed by atoms with E-state index in [-0.39, 0.29) is 24.0 Å². The predicted molar refractivity (Wildman–Crippen MR) is 120 cm³/mol. The molecule has 0 radical (unpaired) electrons. The minimum absolute atomic E-state index is 0. The molecule has 0 saturated heterocycles. The SMILES string of the molecule is CCNC(=NCCc1nc(C)c(C)s1)NCCc1ncc(CC)s1.I. The Morgan fingerprint density at radius 3 is 2.52 bits per heavy atom. The first-order valence-corrected chi connectivity index (χ1v) is 10.1. The van der Waals surface area contributed by atoms with E-state index in [2.05, 4.69) is 53.3 Å². The van der Waals surface area contributed by atoms with Crippen LogP contribution in [0.4, 0.5) is 0 Å². The molecule has 2 aromatic rings. The summed E-state index contributed by atoms with van der Waals surface area (Å²) in [6, 6.07) is 0. The summed E-state index contributed by atoms with van der Waals surface area (Å²) in [5.74, 6) is 0.870. The van der Waals surface area contributed by atoms with Crippen LogP contribution < -0.4 is 10.6 Å². The summed E-state index contributed by atoms with van der Waals surface area (Å²) in [5.41, 5.74) is 1.14. The Morgan fingerprint density at radius 1 is 1.12 bits per heavy atom. The van der Waals surface area contributed by atoms with Crippen molar-refractivity contribution in [1.82, 2.24) is 20.6 Å². The number of aromatic nitrogens is 2. The van der Waals surface area contributed by atoms with E-state index in [0.29, 0.717) is 0 Å². The molecule has 0 aliphatic heterocycles. The van der Waals surface area contributed by atoms with Crippen molar-refractivity contribution in [2.45, 2.75) is 47.0 Å². The molecule has 0 fully saturated rings. The Hall–Kier alpha value is -0.740. The molecule has 0 spiro atoms. The molecule has 0 aliphatic rings. The molecule has 0 amide bonds. The van der Waals surface area contributed by atoms with Gasteiger partial charge in [-0.2, -0.15) is 0 Å². The summed E-state index contributed by atoms with van der Waals surface area (Å²) >= 11 is 3.57. The van der Waals surface area contributed by atoms with Gasteiger partial charge < -0.3 is 10.6 Å². The molecule has 0 aromatic carbocycles. The second kappa shape index (κ2) is 11.8. The normalized spacial score (nSPS) is 11.3. The minimum Gasteiger partial charge on any atom is -0.357 e. The summed E-state index contributed by atoms with van der Waals surface area (Å²) in [6.45, 7) is 10.9. The number of thiazole rings is 2. The van der Waals surface area contributed by atoms with Crippen LogP contribution in [0, 0.1) is 13.8 Å². The molecule has 2 N–H and O–H groups in total. The average molecular weight is 493 g/mol. The smallest absolute Gasteiger partial charge is 0.191 e. The number of nitrogens with zero attached hydrogens (tertiary/aromatic N) is 3. The van der Waals surface area contributed by atoms with E-state index < -0.39 is 0 Å². The topological polar surface area (TPSA) is 62.2 Å². The Kier molecular flexibility index (Phi) is 10.5. The molecule has 8 heteroatoms. The van der Waals surface area contributed by atoms with Crippen LogP contribution in [0.5, 0.6) is 0 Å². The van der Waals surface area contributed by atoms with Crippen LogP contribution in [-0.2, 0) is 19.3 Å². The summed E-state index contributed by atoms with van der Waals surface area (Å²) in [4.78, 5) is 16.3. The van der Waals surface area contributed by atoms with Gasteiger partial charge in [-0.25, -0.2) is 9.97 Å². The van der Waals surface area contributed by atoms with Gasteiger partial charge >= 0.3 is 0 Å². The van der Waals surface area contributed by atoms with Gasteiger partial charge in [-0.05, 0) is 27.2 Å². The largest absolute Gasteiger partial charge is 0.357 e. The van der Waals surface area contributed by atoms with Gasteiger partial charge in [0.2, 0.25) is 0 Å². The number of hydrogen-bond donors (Lipinski definition) is 2. The molecule has 0 saturated carbocycles. The zero-order chi connectivity index (χ0) is 17.4. The Bertz CT molecular complexity index is 646. The van der Waals surface area contributed by atoms with Crippen molar-refractivity contribution in [3.05, 3.63) is 31.7 Å². The van der Waals surface area contributed by atoms with Crippen molar-refractivity contribution in [2.24, 2.45) is 4.99 Å². The van der Waals surface area contributed by atoms with Crippen molar-refractivity contribution >= 4 is 52.6 Å². The quantitative estimate of drug-likeness (QED) is 0.334. The second-order valence-electron chi connectivity index (χ2n) is 5.51. The van der Waals surface area contributed by atoms with Crippen LogP contribution in [0.1, 0.15) is 39.3 Å². The van der Waals surface area contributed by atoms with Gasteiger partial charge in [-0.1, -0.05) is 6.92 Å². The molecule has 2 aromatic heterocycles. The molecule has 25 heavy (non-hydrogen) atoms. The number of rotatable bonds is 8. The van der Waals surface area contributed by atoms with Crippen LogP contribution in [-0.4, -0.2) is 35.6 Å². The number of guanidine groups is 1. The second-order valence-corrected chi connectivity index (χ2v) is 8.00. The average Bonchev–Trinajstić information content (AvgIpc) is 3.14. The van der Waals surface area contributed by atoms with E-state index in [1.165, 1.54) is 19.8 Å². The fourth-order valence-corrected chi connectivity index (χ4v) is 3.95. The molecule has 0 atom stereocenters. The molecule has 5 nitrogen and oxygen atoms in total. The maximum atomic E-state index is 4.64. The van der Waals surface area contributed by atoms with Gasteiger partial charge in [0.25, 0.3) is 0 Å². The van der Waals surface area contributed by atoms with Gasteiger partial charge in [0.15, 0.2) is 5.96 Å². The van der Waals surface area contributed by atoms with E-state index in [1.807, 2.05) is 6.20 Å². The molecule has 0 unspecified atom stereocenters. The van der Waals surface area contributed by atoms with Crippen LogP contribution >= 0.6 is 46.7 Å². The van der Waals surface area contributed by atoms with Gasteiger partial charge in [-0.3, -0.25) is 4.99 Å². The maximum Gasteiger partial charge on any atom is 0.191 e. The maximum absolute atomic E-state index is 4.64. The molecule has 0 aliphatic carbocycles. The third-order valence-corrected chi connectivity index (χ3v) is 5.93. The molecule has 0 bridgehead atoms. The highest BCUT2D eigenvalue weighted by Crippen LogP contribution is 2.16. The van der Waals surface area contributed by atoms with E-state index in [4.69, 9.17) is 0 Å². The fourth-order valence-electron chi connectivity index (χ4n) is 2.17. The van der Waals surface area contributed by atoms with Crippen molar-refractivity contribution in [3.63, 3.8) is 0 Å². The lowest BCUT2D eigenvalue weighted by atomic mass is 10.4. The highest BCUT2D eigenvalue weighted by molar-refractivity contribution is 14.0. The van der Waals surface area contributed by atoms with Crippen molar-refractivity contribution in [2.75, 3.05) is 19.6 Å². The Labute approximate surface area is 175 Å². The first kappa shape index (κ1) is 22.3. The zero-order valence-corrected chi connectivity index (χ0v) is 19.3. The summed E-state index contributed by atoms with van der Waals surface area (Å²) < 4.78 is 0. The van der Waals surface area contributed by atoms with Gasteiger partial charge in [0, 0.05) is 48.4 Å². The van der Waals surface area contributed by atoms with Crippen LogP contribution in [0.25, 0.3) is 0 Å². The van der Waals surface area contributed by atoms with Crippen molar-refractivity contribution in [1.29, 1.82) is 0 Å². The Morgan fingerprint density at radius 2 is 1.92 bits per heavy atom. The van der Waals surface area contributed by atoms with Gasteiger partial charge in [-0.15, -0.1) is 46.7 Å². The lowest BCUT2D eigenvalue weighted by Gasteiger charge is -2.10. The molecule has 140 valence electrons. The number of nitrogens with one attached hydrogen (secondary N) is 2. The summed E-state index contributed by atoms with van der Waals surface area (Å²) in [5, 5.41) is 9.03. The van der Waals surface area contributed by atoms with Crippen molar-refractivity contribution in [3.8, 4) is 0 Å². The van der Waals surface area contributed by atoms with Gasteiger partial charge in [0.05, 0.1) is 15.7 Å². The van der Waals surface area contributed by atoms with E-state index in [0.717, 1.165) is 50.6 Å². The molecular formula is C17H28IN5S2. The third-order valence-electron chi connectivity index (χ3n) is 3.59. The van der Waals surface area contributed by atoms with E-state index in [1.54, 1.807) is 22.7 Å². The molecule has 2 heterocycles.